The van der Waals surface area contributed by atoms with E-state index in [9.17, 15) is 4.79 Å². The van der Waals surface area contributed by atoms with Crippen LogP contribution in [0.25, 0.3) is 0 Å². The Bertz CT molecular complexity index is 67.1. The molecule has 1 amide bonds. The third kappa shape index (κ3) is 6.27. The molecule has 3 nitrogen and oxygen atoms in total. The van der Waals surface area contributed by atoms with E-state index < -0.39 is 0 Å². The fourth-order valence-electron chi connectivity index (χ4n) is 0.203. The predicted molar refractivity (Wildman–Crippen MR) is 33.2 cm³/mol. The summed E-state index contributed by atoms with van der Waals surface area (Å²) in [6, 6.07) is 0. The van der Waals surface area contributed by atoms with Gasteiger partial charge in [0, 0.05) is 7.05 Å². The summed E-state index contributed by atoms with van der Waals surface area (Å²) < 4.78 is 4.44. The Hall–Kier alpha value is 0.270. The molecule has 0 aromatic heterocycles. The van der Waals surface area contributed by atoms with Crippen molar-refractivity contribution in [3.05, 3.63) is 0 Å². The van der Waals surface area contributed by atoms with Gasteiger partial charge in [-0.15, -0.1) is 0 Å². The van der Waals surface area contributed by atoms with Crippen LogP contribution in [0.2, 0.25) is 0 Å². The van der Waals surface area contributed by atoms with Gasteiger partial charge in [0.05, 0.1) is 6.61 Å². The van der Waals surface area contributed by atoms with E-state index in [-0.39, 0.29) is 35.7 Å². The SMILES string of the molecule is CCOC(=O)NC.[NaH]. The van der Waals surface area contributed by atoms with Gasteiger partial charge in [-0.05, 0) is 6.92 Å². The van der Waals surface area contributed by atoms with Crippen LogP contribution in [0.3, 0.4) is 0 Å². The van der Waals surface area contributed by atoms with Crippen molar-refractivity contribution in [2.75, 3.05) is 13.7 Å². The van der Waals surface area contributed by atoms with Crippen molar-refractivity contribution in [3.8, 4) is 0 Å². The molecular formula is C4H10NNaO2. The van der Waals surface area contributed by atoms with Crippen LogP contribution in [0.1, 0.15) is 6.92 Å². The first-order chi connectivity index (χ1) is 3.31. The second-order valence-electron chi connectivity index (χ2n) is 0.970. The quantitative estimate of drug-likeness (QED) is 0.492. The third-order valence-corrected chi connectivity index (χ3v) is 0.480. The van der Waals surface area contributed by atoms with Crippen LogP contribution >= 0.6 is 0 Å². The Morgan fingerprint density at radius 1 is 1.75 bits per heavy atom. The summed E-state index contributed by atoms with van der Waals surface area (Å²) in [5, 5.41) is 2.30. The number of amides is 1. The van der Waals surface area contributed by atoms with Gasteiger partial charge in [0.25, 0.3) is 0 Å². The maximum atomic E-state index is 10.1. The van der Waals surface area contributed by atoms with Crippen LogP contribution in [-0.4, -0.2) is 49.3 Å². The molecule has 0 aliphatic carbocycles. The Kier molecular flexibility index (Phi) is 10.1. The minimum absolute atomic E-state index is 0. The predicted octanol–water partition coefficient (Wildman–Crippen LogP) is -0.286. The van der Waals surface area contributed by atoms with Gasteiger partial charge in [-0.25, -0.2) is 4.79 Å². The number of nitrogens with one attached hydrogen (secondary N) is 1. The Morgan fingerprint density at radius 3 is 2.38 bits per heavy atom. The first-order valence-electron chi connectivity index (χ1n) is 2.15. The third-order valence-electron chi connectivity index (χ3n) is 0.480. The van der Waals surface area contributed by atoms with Gasteiger partial charge >= 0.3 is 35.7 Å². The van der Waals surface area contributed by atoms with Crippen molar-refractivity contribution in [2.24, 2.45) is 0 Å². The van der Waals surface area contributed by atoms with Crippen molar-refractivity contribution in [1.82, 2.24) is 5.32 Å². The summed E-state index contributed by atoms with van der Waals surface area (Å²) in [5.41, 5.74) is 0. The van der Waals surface area contributed by atoms with E-state index in [1.54, 1.807) is 6.92 Å². The summed E-state index contributed by atoms with van der Waals surface area (Å²) in [6.45, 7) is 2.19. The first kappa shape index (κ1) is 11.1. The summed E-state index contributed by atoms with van der Waals surface area (Å²) in [5.74, 6) is 0. The fraction of sp³-hybridized carbons (Fsp3) is 0.750. The summed E-state index contributed by atoms with van der Waals surface area (Å²) in [4.78, 5) is 10.1. The zero-order valence-corrected chi connectivity index (χ0v) is 4.52. The molecule has 4 heteroatoms. The molecule has 0 aromatic carbocycles. The molecule has 0 aliphatic rings. The van der Waals surface area contributed by atoms with E-state index in [2.05, 4.69) is 10.1 Å². The molecule has 0 spiro atoms. The fourth-order valence-corrected chi connectivity index (χ4v) is 0.203. The van der Waals surface area contributed by atoms with Crippen molar-refractivity contribution in [2.45, 2.75) is 6.92 Å². The normalized spacial score (nSPS) is 6.75. The number of hydrogen-bond acceptors (Lipinski definition) is 2. The molecular weight excluding hydrogens is 117 g/mol. The summed E-state index contributed by atoms with van der Waals surface area (Å²) in [6.07, 6.45) is -0.373. The number of hydrogen-bond donors (Lipinski definition) is 1. The Labute approximate surface area is 71.1 Å². The van der Waals surface area contributed by atoms with Crippen LogP contribution in [0.15, 0.2) is 0 Å². The zero-order chi connectivity index (χ0) is 5.70. The van der Waals surface area contributed by atoms with E-state index in [0.717, 1.165) is 0 Å². The molecule has 0 radical (unpaired) electrons. The second-order valence-corrected chi connectivity index (χ2v) is 0.970. The van der Waals surface area contributed by atoms with Gasteiger partial charge in [0.2, 0.25) is 0 Å². The van der Waals surface area contributed by atoms with Gasteiger partial charge in [-0.3, -0.25) is 0 Å². The molecule has 0 unspecified atom stereocenters. The molecule has 8 heavy (non-hydrogen) atoms. The molecule has 44 valence electrons. The van der Waals surface area contributed by atoms with Crippen molar-refractivity contribution in [1.29, 1.82) is 0 Å². The number of carbonyl (C=O) groups is 1. The van der Waals surface area contributed by atoms with Gasteiger partial charge in [-0.2, -0.15) is 0 Å². The molecule has 0 saturated heterocycles. The Balaban J connectivity index is 0. The monoisotopic (exact) mass is 127 g/mol. The Morgan fingerprint density at radius 2 is 2.25 bits per heavy atom. The second kappa shape index (κ2) is 7.27. The van der Waals surface area contributed by atoms with Crippen LogP contribution in [-0.2, 0) is 4.74 Å². The topological polar surface area (TPSA) is 38.3 Å². The van der Waals surface area contributed by atoms with E-state index in [1.807, 2.05) is 0 Å². The van der Waals surface area contributed by atoms with Gasteiger partial charge < -0.3 is 10.1 Å². The van der Waals surface area contributed by atoms with Crippen molar-refractivity contribution in [3.63, 3.8) is 0 Å². The van der Waals surface area contributed by atoms with Gasteiger partial charge in [-0.1, -0.05) is 0 Å². The molecule has 0 bridgehead atoms. The summed E-state index contributed by atoms with van der Waals surface area (Å²) >= 11 is 0. The van der Waals surface area contributed by atoms with E-state index in [4.69, 9.17) is 0 Å². The van der Waals surface area contributed by atoms with Crippen LogP contribution in [0.4, 0.5) is 4.79 Å². The molecule has 0 atom stereocenters. The molecule has 1 N–H and O–H groups in total. The minimum atomic E-state index is -0.373. The van der Waals surface area contributed by atoms with Gasteiger partial charge in [0.1, 0.15) is 0 Å². The average molecular weight is 127 g/mol. The van der Waals surface area contributed by atoms with E-state index >= 15 is 0 Å². The molecule has 0 heterocycles. The van der Waals surface area contributed by atoms with Crippen LogP contribution in [0.5, 0.6) is 0 Å². The number of ether oxygens (including phenoxy) is 1. The van der Waals surface area contributed by atoms with Crippen molar-refractivity contribution < 1.29 is 9.53 Å². The first-order valence-corrected chi connectivity index (χ1v) is 2.15. The van der Waals surface area contributed by atoms with Gasteiger partial charge in [0.15, 0.2) is 0 Å². The number of alkyl carbamates (subject to hydrolysis) is 1. The van der Waals surface area contributed by atoms with Crippen LogP contribution < -0.4 is 5.32 Å². The molecule has 0 aliphatic heterocycles. The zero-order valence-electron chi connectivity index (χ0n) is 4.52. The molecule has 0 aromatic rings. The molecule has 0 rings (SSSR count). The van der Waals surface area contributed by atoms with Crippen LogP contribution in [0, 0.1) is 0 Å². The number of carbonyl (C=O) groups excluding carboxylic acids is 1. The standard InChI is InChI=1S/C4H9NO2.Na.H/c1-3-7-4(6)5-2;;/h3H2,1-2H3,(H,5,6);;. The van der Waals surface area contributed by atoms with E-state index in [1.165, 1.54) is 7.05 Å². The van der Waals surface area contributed by atoms with Crippen molar-refractivity contribution >= 4 is 35.7 Å². The summed E-state index contributed by atoms with van der Waals surface area (Å²) in [7, 11) is 1.53. The molecule has 0 saturated carbocycles. The number of rotatable bonds is 1. The average Bonchev–Trinajstić information content (AvgIpc) is 1.68. The van der Waals surface area contributed by atoms with E-state index in [0.29, 0.717) is 6.61 Å². The molecule has 0 fully saturated rings. The maximum absolute atomic E-state index is 10.1.